The Morgan fingerprint density at radius 2 is 1.80 bits per heavy atom. The number of hydrogen-bond donors (Lipinski definition) is 1. The van der Waals surface area contributed by atoms with Crippen LogP contribution >= 0.6 is 11.6 Å². The van der Waals surface area contributed by atoms with Crippen molar-refractivity contribution in [3.8, 4) is 0 Å². The van der Waals surface area contributed by atoms with E-state index in [0.717, 1.165) is 19.0 Å². The number of unbranched alkanes of at least 4 members (excludes halogenated alkanes) is 3. The van der Waals surface area contributed by atoms with Gasteiger partial charge in [-0.1, -0.05) is 51.7 Å². The molecule has 1 nitrogen and oxygen atoms in total. The highest BCUT2D eigenvalue weighted by molar-refractivity contribution is 6.18. The minimum Gasteiger partial charge on any atom is -0.313 e. The first-order valence-corrected chi connectivity index (χ1v) is 6.72. The Morgan fingerprint density at radius 1 is 1.07 bits per heavy atom. The van der Waals surface area contributed by atoms with Crippen molar-refractivity contribution in [2.75, 3.05) is 19.0 Å². The Balaban J connectivity index is 2.96. The fourth-order valence-electron chi connectivity index (χ4n) is 1.49. The van der Waals surface area contributed by atoms with Crippen molar-refractivity contribution in [1.82, 2.24) is 5.32 Å². The molecule has 0 spiro atoms. The SMILES string of the molecule is CC(C)CCCCCCNC/C=C/CCl. The zero-order valence-electron chi connectivity index (χ0n) is 10.3. The zero-order valence-corrected chi connectivity index (χ0v) is 11.0. The number of alkyl halides is 1. The van der Waals surface area contributed by atoms with Crippen LogP contribution in [0.1, 0.15) is 46.0 Å². The summed E-state index contributed by atoms with van der Waals surface area (Å²) in [4.78, 5) is 0. The maximum absolute atomic E-state index is 5.51. The van der Waals surface area contributed by atoms with E-state index < -0.39 is 0 Å². The summed E-state index contributed by atoms with van der Waals surface area (Å²) in [6.07, 6.45) is 10.9. The highest BCUT2D eigenvalue weighted by atomic mass is 35.5. The first-order valence-electron chi connectivity index (χ1n) is 6.19. The molecule has 0 heterocycles. The van der Waals surface area contributed by atoms with Crippen molar-refractivity contribution in [2.45, 2.75) is 46.0 Å². The van der Waals surface area contributed by atoms with Crippen LogP contribution in [-0.2, 0) is 0 Å². The zero-order chi connectivity index (χ0) is 11.4. The summed E-state index contributed by atoms with van der Waals surface area (Å²) in [5.41, 5.74) is 0. The van der Waals surface area contributed by atoms with Gasteiger partial charge in [0, 0.05) is 12.4 Å². The van der Waals surface area contributed by atoms with Gasteiger partial charge in [0.15, 0.2) is 0 Å². The summed E-state index contributed by atoms with van der Waals surface area (Å²) in [5, 5.41) is 3.37. The maximum Gasteiger partial charge on any atom is 0.0404 e. The molecule has 0 aromatic rings. The van der Waals surface area contributed by atoms with Crippen molar-refractivity contribution >= 4 is 11.6 Å². The minimum atomic E-state index is 0.622. The van der Waals surface area contributed by atoms with Gasteiger partial charge in [0.25, 0.3) is 0 Å². The summed E-state index contributed by atoms with van der Waals surface area (Å²) in [6, 6.07) is 0. The largest absolute Gasteiger partial charge is 0.313 e. The molecule has 0 fully saturated rings. The average Bonchev–Trinajstić information content (AvgIpc) is 2.20. The molecule has 0 aromatic carbocycles. The normalized spacial score (nSPS) is 11.7. The van der Waals surface area contributed by atoms with Crippen LogP contribution in [0.3, 0.4) is 0 Å². The summed E-state index contributed by atoms with van der Waals surface area (Å²) >= 11 is 5.51. The highest BCUT2D eigenvalue weighted by Gasteiger charge is 1.93. The lowest BCUT2D eigenvalue weighted by atomic mass is 10.0. The highest BCUT2D eigenvalue weighted by Crippen LogP contribution is 2.08. The third-order valence-corrected chi connectivity index (χ3v) is 2.58. The maximum atomic E-state index is 5.51. The van der Waals surface area contributed by atoms with Crippen LogP contribution in [0, 0.1) is 5.92 Å². The van der Waals surface area contributed by atoms with Crippen molar-refractivity contribution in [3.63, 3.8) is 0 Å². The molecule has 0 unspecified atom stereocenters. The van der Waals surface area contributed by atoms with E-state index in [9.17, 15) is 0 Å². The van der Waals surface area contributed by atoms with Gasteiger partial charge in [0.1, 0.15) is 0 Å². The lowest BCUT2D eigenvalue weighted by Gasteiger charge is -2.04. The van der Waals surface area contributed by atoms with E-state index in [0.29, 0.717) is 5.88 Å². The van der Waals surface area contributed by atoms with E-state index in [1.54, 1.807) is 0 Å². The summed E-state index contributed by atoms with van der Waals surface area (Å²) in [5.74, 6) is 1.49. The molecule has 0 amide bonds. The molecular formula is C13H26ClN. The molecule has 0 aliphatic heterocycles. The van der Waals surface area contributed by atoms with Crippen molar-refractivity contribution in [2.24, 2.45) is 5.92 Å². The lowest BCUT2D eigenvalue weighted by Crippen LogP contribution is -2.14. The number of halogens is 1. The van der Waals surface area contributed by atoms with Crippen molar-refractivity contribution < 1.29 is 0 Å². The molecule has 2 heteroatoms. The van der Waals surface area contributed by atoms with Gasteiger partial charge in [-0.15, -0.1) is 11.6 Å². The Morgan fingerprint density at radius 3 is 2.47 bits per heavy atom. The van der Waals surface area contributed by atoms with Crippen LogP contribution < -0.4 is 5.32 Å². The van der Waals surface area contributed by atoms with Gasteiger partial charge in [0.2, 0.25) is 0 Å². The molecule has 0 rings (SSSR count). The number of nitrogens with one attached hydrogen (secondary N) is 1. The quantitative estimate of drug-likeness (QED) is 0.341. The van der Waals surface area contributed by atoms with Crippen LogP contribution in [0.2, 0.25) is 0 Å². The van der Waals surface area contributed by atoms with E-state index in [1.807, 2.05) is 6.08 Å². The summed E-state index contributed by atoms with van der Waals surface area (Å²) < 4.78 is 0. The standard InChI is InChI=1S/C13H26ClN/c1-13(2)9-5-3-4-7-11-15-12-8-6-10-14/h6,8,13,15H,3-5,7,9-12H2,1-2H3/b8-6+. The summed E-state index contributed by atoms with van der Waals surface area (Å²) in [7, 11) is 0. The lowest BCUT2D eigenvalue weighted by molar-refractivity contribution is 0.515. The summed E-state index contributed by atoms with van der Waals surface area (Å²) in [6.45, 7) is 6.68. The van der Waals surface area contributed by atoms with Crippen LogP contribution in [0.15, 0.2) is 12.2 Å². The predicted molar refractivity (Wildman–Crippen MR) is 70.7 cm³/mol. The molecule has 15 heavy (non-hydrogen) atoms. The molecule has 0 aliphatic carbocycles. The second kappa shape index (κ2) is 12.1. The third-order valence-electron chi connectivity index (χ3n) is 2.40. The van der Waals surface area contributed by atoms with Gasteiger partial charge in [-0.2, -0.15) is 0 Å². The second-order valence-electron chi connectivity index (χ2n) is 4.43. The first kappa shape index (κ1) is 15.0. The molecule has 1 N–H and O–H groups in total. The third kappa shape index (κ3) is 14.0. The molecule has 0 radical (unpaired) electrons. The van der Waals surface area contributed by atoms with Crippen LogP contribution in [0.4, 0.5) is 0 Å². The Labute approximate surface area is 100 Å². The van der Waals surface area contributed by atoms with E-state index in [1.165, 1.54) is 32.1 Å². The monoisotopic (exact) mass is 231 g/mol. The molecular weight excluding hydrogens is 206 g/mol. The van der Waals surface area contributed by atoms with E-state index in [-0.39, 0.29) is 0 Å². The van der Waals surface area contributed by atoms with Gasteiger partial charge in [-0.3, -0.25) is 0 Å². The topological polar surface area (TPSA) is 12.0 Å². The number of rotatable bonds is 10. The van der Waals surface area contributed by atoms with Crippen LogP contribution in [-0.4, -0.2) is 19.0 Å². The Hall–Kier alpha value is -0.0100. The van der Waals surface area contributed by atoms with Crippen LogP contribution in [0.5, 0.6) is 0 Å². The van der Waals surface area contributed by atoms with E-state index in [4.69, 9.17) is 11.6 Å². The average molecular weight is 232 g/mol. The first-order chi connectivity index (χ1) is 7.27. The fourth-order valence-corrected chi connectivity index (χ4v) is 1.61. The Bertz CT molecular complexity index is 143. The van der Waals surface area contributed by atoms with Gasteiger partial charge in [-0.25, -0.2) is 0 Å². The molecule has 0 aromatic heterocycles. The van der Waals surface area contributed by atoms with Crippen molar-refractivity contribution in [3.05, 3.63) is 12.2 Å². The number of hydrogen-bond acceptors (Lipinski definition) is 1. The molecule has 0 atom stereocenters. The van der Waals surface area contributed by atoms with Crippen LogP contribution in [0.25, 0.3) is 0 Å². The molecule has 90 valence electrons. The van der Waals surface area contributed by atoms with Gasteiger partial charge in [0.05, 0.1) is 0 Å². The second-order valence-corrected chi connectivity index (χ2v) is 4.74. The number of allylic oxidation sites excluding steroid dienone is 1. The minimum absolute atomic E-state index is 0.622. The van der Waals surface area contributed by atoms with Gasteiger partial charge < -0.3 is 5.32 Å². The van der Waals surface area contributed by atoms with E-state index >= 15 is 0 Å². The Kier molecular flexibility index (Phi) is 12.1. The fraction of sp³-hybridized carbons (Fsp3) is 0.846. The van der Waals surface area contributed by atoms with E-state index in [2.05, 4.69) is 25.2 Å². The molecule has 0 bridgehead atoms. The molecule has 0 aliphatic rings. The smallest absolute Gasteiger partial charge is 0.0404 e. The van der Waals surface area contributed by atoms with Gasteiger partial charge >= 0.3 is 0 Å². The predicted octanol–water partition coefficient (Wildman–Crippen LogP) is 3.98. The van der Waals surface area contributed by atoms with Crippen molar-refractivity contribution in [1.29, 1.82) is 0 Å². The molecule has 0 saturated carbocycles. The van der Waals surface area contributed by atoms with Gasteiger partial charge in [-0.05, 0) is 18.9 Å². The molecule has 0 saturated heterocycles.